The van der Waals surface area contributed by atoms with Gasteiger partial charge in [0.2, 0.25) is 0 Å². The van der Waals surface area contributed by atoms with E-state index in [1.165, 1.54) is 17.3 Å². The van der Waals surface area contributed by atoms with Gasteiger partial charge in [0.25, 0.3) is 0 Å². The van der Waals surface area contributed by atoms with Gasteiger partial charge in [-0.05, 0) is 39.5 Å². The maximum atomic E-state index is 10.2. The predicted molar refractivity (Wildman–Crippen MR) is 146 cm³/mol. The standard InChI is InChI=1S/C25H35N5O4S2/c1-14(31)11-30(12-15(2)32)22-20-19(26-24(28-22)35-5)18-16-10-25(3,4)34-13-17(16)21(27-23(18)36-20)29-6-8-33-9-7-29/h14-15,31-32H,6-13H2,1-5H3/t14-,15-/m1/s1. The van der Waals surface area contributed by atoms with Gasteiger partial charge in [-0.25, -0.2) is 15.0 Å². The summed E-state index contributed by atoms with van der Waals surface area (Å²) in [6, 6.07) is 0. The number of aromatic nitrogens is 3. The zero-order valence-electron chi connectivity index (χ0n) is 21.6. The number of hydrogen-bond donors (Lipinski definition) is 2. The fourth-order valence-electron chi connectivity index (χ4n) is 5.05. The second-order valence-corrected chi connectivity index (χ2v) is 12.1. The number of nitrogens with zero attached hydrogens (tertiary/aromatic N) is 5. The highest BCUT2D eigenvalue weighted by Crippen LogP contribution is 2.45. The normalized spacial score (nSPS) is 19.5. The largest absolute Gasteiger partial charge is 0.392 e. The molecular formula is C25H35N5O4S2. The summed E-state index contributed by atoms with van der Waals surface area (Å²) in [7, 11) is 0. The topological polar surface area (TPSA) is 104 Å². The number of fused-ring (bicyclic) bond motifs is 5. The first-order chi connectivity index (χ1) is 17.2. The van der Waals surface area contributed by atoms with Crippen molar-refractivity contribution in [2.75, 3.05) is 55.4 Å². The average molecular weight is 534 g/mol. The van der Waals surface area contributed by atoms with E-state index in [1.807, 2.05) is 11.2 Å². The molecule has 0 aliphatic carbocycles. The van der Waals surface area contributed by atoms with Crippen LogP contribution in [0.15, 0.2) is 5.16 Å². The summed E-state index contributed by atoms with van der Waals surface area (Å²) >= 11 is 3.08. The molecule has 0 unspecified atom stereocenters. The molecule has 9 nitrogen and oxygen atoms in total. The van der Waals surface area contributed by atoms with Crippen molar-refractivity contribution in [3.05, 3.63) is 11.1 Å². The minimum atomic E-state index is -0.572. The van der Waals surface area contributed by atoms with Gasteiger partial charge in [0.05, 0.1) is 47.8 Å². The minimum Gasteiger partial charge on any atom is -0.392 e. The summed E-state index contributed by atoms with van der Waals surface area (Å²) in [4.78, 5) is 20.2. The number of aliphatic hydroxyl groups is 2. The van der Waals surface area contributed by atoms with E-state index in [0.29, 0.717) is 38.1 Å². The molecular weight excluding hydrogens is 498 g/mol. The van der Waals surface area contributed by atoms with Gasteiger partial charge in [-0.2, -0.15) is 0 Å². The van der Waals surface area contributed by atoms with Crippen LogP contribution in [0, 0.1) is 0 Å². The average Bonchev–Trinajstić information content (AvgIpc) is 3.20. The number of rotatable bonds is 7. The maximum absolute atomic E-state index is 10.2. The molecule has 3 aromatic rings. The predicted octanol–water partition coefficient (Wildman–Crippen LogP) is 3.22. The first-order valence-corrected chi connectivity index (χ1v) is 14.5. The number of morpholine rings is 1. The molecule has 3 aromatic heterocycles. The number of aliphatic hydroxyl groups excluding tert-OH is 2. The molecule has 36 heavy (non-hydrogen) atoms. The van der Waals surface area contributed by atoms with Gasteiger partial charge in [-0.15, -0.1) is 11.3 Å². The monoisotopic (exact) mass is 533 g/mol. The van der Waals surface area contributed by atoms with Crippen LogP contribution >= 0.6 is 23.1 Å². The van der Waals surface area contributed by atoms with Gasteiger partial charge in [-0.1, -0.05) is 11.8 Å². The lowest BCUT2D eigenvalue weighted by molar-refractivity contribution is -0.0396. The van der Waals surface area contributed by atoms with Crippen LogP contribution in [0.3, 0.4) is 0 Å². The Morgan fingerprint density at radius 3 is 2.42 bits per heavy atom. The van der Waals surface area contributed by atoms with E-state index in [-0.39, 0.29) is 5.60 Å². The Morgan fingerprint density at radius 2 is 1.78 bits per heavy atom. The first kappa shape index (κ1) is 25.9. The van der Waals surface area contributed by atoms with E-state index in [0.717, 1.165) is 57.1 Å². The molecule has 196 valence electrons. The second kappa shape index (κ2) is 10.2. The van der Waals surface area contributed by atoms with Gasteiger partial charge in [0, 0.05) is 43.5 Å². The lowest BCUT2D eigenvalue weighted by Crippen LogP contribution is -2.39. The van der Waals surface area contributed by atoms with Crippen molar-refractivity contribution in [1.82, 2.24) is 15.0 Å². The van der Waals surface area contributed by atoms with Crippen molar-refractivity contribution in [2.24, 2.45) is 0 Å². The number of pyridine rings is 1. The molecule has 2 aliphatic heterocycles. The zero-order valence-corrected chi connectivity index (χ0v) is 23.2. The quantitative estimate of drug-likeness (QED) is 0.347. The molecule has 11 heteroatoms. The molecule has 0 amide bonds. The number of anilines is 2. The van der Waals surface area contributed by atoms with Crippen molar-refractivity contribution >= 4 is 55.2 Å². The summed E-state index contributed by atoms with van der Waals surface area (Å²) in [5, 5.41) is 22.2. The molecule has 0 saturated carbocycles. The Hall–Kier alpha value is -1.76. The number of thioether (sulfide) groups is 1. The van der Waals surface area contributed by atoms with Crippen LogP contribution in [0.1, 0.15) is 38.8 Å². The number of hydrogen-bond acceptors (Lipinski definition) is 11. The third kappa shape index (κ3) is 5.01. The molecule has 2 aliphatic rings. The van der Waals surface area contributed by atoms with Crippen LogP contribution in [0.4, 0.5) is 11.6 Å². The van der Waals surface area contributed by atoms with E-state index in [4.69, 9.17) is 24.4 Å². The lowest BCUT2D eigenvalue weighted by Gasteiger charge is -2.36. The Balaban J connectivity index is 1.78. The second-order valence-electron chi connectivity index (χ2n) is 10.3. The Labute approximate surface area is 219 Å². The van der Waals surface area contributed by atoms with Gasteiger partial charge < -0.3 is 29.5 Å². The fourth-order valence-corrected chi connectivity index (χ4v) is 6.57. The maximum Gasteiger partial charge on any atom is 0.189 e. The van der Waals surface area contributed by atoms with Crippen LogP contribution in [-0.4, -0.2) is 88.6 Å². The highest BCUT2D eigenvalue weighted by molar-refractivity contribution is 7.98. The van der Waals surface area contributed by atoms with Crippen LogP contribution in [-0.2, 0) is 22.5 Å². The molecule has 2 atom stereocenters. The van der Waals surface area contributed by atoms with Gasteiger partial charge in [0.15, 0.2) is 11.0 Å². The molecule has 5 heterocycles. The summed E-state index contributed by atoms with van der Waals surface area (Å²) in [5.41, 5.74) is 2.98. The zero-order chi connectivity index (χ0) is 25.6. The van der Waals surface area contributed by atoms with Crippen molar-refractivity contribution in [1.29, 1.82) is 0 Å². The highest BCUT2D eigenvalue weighted by atomic mass is 32.2. The molecule has 0 aromatic carbocycles. The van der Waals surface area contributed by atoms with Crippen molar-refractivity contribution in [2.45, 2.75) is 63.7 Å². The van der Waals surface area contributed by atoms with Crippen molar-refractivity contribution in [3.8, 4) is 0 Å². The Bertz CT molecular complexity index is 1250. The third-order valence-electron chi connectivity index (χ3n) is 6.59. The number of ether oxygens (including phenoxy) is 2. The molecule has 2 N–H and O–H groups in total. The minimum absolute atomic E-state index is 0.291. The van der Waals surface area contributed by atoms with Crippen molar-refractivity contribution in [3.63, 3.8) is 0 Å². The smallest absolute Gasteiger partial charge is 0.189 e. The molecule has 0 radical (unpaired) electrons. The van der Waals surface area contributed by atoms with Crippen LogP contribution in [0.5, 0.6) is 0 Å². The summed E-state index contributed by atoms with van der Waals surface area (Å²) in [5.74, 6) is 1.72. The highest BCUT2D eigenvalue weighted by Gasteiger charge is 2.34. The molecule has 1 fully saturated rings. The van der Waals surface area contributed by atoms with Gasteiger partial charge in [-0.3, -0.25) is 0 Å². The van der Waals surface area contributed by atoms with Gasteiger partial charge >= 0.3 is 0 Å². The Morgan fingerprint density at radius 1 is 1.08 bits per heavy atom. The summed E-state index contributed by atoms with van der Waals surface area (Å²) < 4.78 is 12.8. The molecule has 0 spiro atoms. The van der Waals surface area contributed by atoms with E-state index >= 15 is 0 Å². The van der Waals surface area contributed by atoms with E-state index in [1.54, 1.807) is 25.2 Å². The molecule has 0 bridgehead atoms. The summed E-state index contributed by atoms with van der Waals surface area (Å²) in [6.45, 7) is 12.0. The van der Waals surface area contributed by atoms with Crippen LogP contribution < -0.4 is 9.80 Å². The van der Waals surface area contributed by atoms with E-state index in [9.17, 15) is 10.2 Å². The first-order valence-electron chi connectivity index (χ1n) is 12.4. The fraction of sp³-hybridized carbons (Fsp3) is 0.640. The van der Waals surface area contributed by atoms with E-state index in [2.05, 4.69) is 18.7 Å². The number of thiophene rings is 1. The summed E-state index contributed by atoms with van der Waals surface area (Å²) in [6.07, 6.45) is 1.59. The van der Waals surface area contributed by atoms with E-state index < -0.39 is 12.2 Å². The lowest BCUT2D eigenvalue weighted by atomic mass is 9.90. The molecule has 1 saturated heterocycles. The van der Waals surface area contributed by atoms with Crippen LogP contribution in [0.25, 0.3) is 20.4 Å². The Kier molecular flexibility index (Phi) is 7.32. The third-order valence-corrected chi connectivity index (χ3v) is 8.21. The van der Waals surface area contributed by atoms with Gasteiger partial charge in [0.1, 0.15) is 10.6 Å². The molecule has 5 rings (SSSR count). The van der Waals surface area contributed by atoms with Crippen LogP contribution in [0.2, 0.25) is 0 Å². The SMILES string of the molecule is CSc1nc(N(C[C@@H](C)O)C[C@@H](C)O)c2sc3nc(N4CCOCC4)c4c(c3c2n1)CC(C)(C)OC4. The van der Waals surface area contributed by atoms with Crippen molar-refractivity contribution < 1.29 is 19.7 Å².